The van der Waals surface area contributed by atoms with Crippen molar-refractivity contribution >= 4 is 5.82 Å². The van der Waals surface area contributed by atoms with Gasteiger partial charge in [-0.1, -0.05) is 0 Å². The fraction of sp³-hybridized carbons (Fsp3) is 0.600. The molecule has 2 rings (SSSR count). The van der Waals surface area contributed by atoms with E-state index in [0.717, 1.165) is 12.8 Å². The topological polar surface area (TPSA) is 67.0 Å². The molecule has 1 aliphatic rings. The molecular formula is C10H15N3O2. The Hall–Kier alpha value is -1.36. The summed E-state index contributed by atoms with van der Waals surface area (Å²) < 4.78 is 5.45. The molecule has 1 fully saturated rings. The largest absolute Gasteiger partial charge is 0.376 e. The Kier molecular flexibility index (Phi) is 2.73. The highest BCUT2D eigenvalue weighted by Gasteiger charge is 2.36. The van der Waals surface area contributed by atoms with Gasteiger partial charge in [0.25, 0.3) is 5.56 Å². The van der Waals surface area contributed by atoms with E-state index >= 15 is 0 Å². The molecule has 0 radical (unpaired) electrons. The van der Waals surface area contributed by atoms with Crippen LogP contribution in [0.2, 0.25) is 0 Å². The van der Waals surface area contributed by atoms with Gasteiger partial charge in [0.05, 0.1) is 11.9 Å². The molecule has 0 bridgehead atoms. The molecule has 0 aliphatic heterocycles. The van der Waals surface area contributed by atoms with Gasteiger partial charge in [0.1, 0.15) is 5.82 Å². The summed E-state index contributed by atoms with van der Waals surface area (Å²) in [5, 5.41) is 3.12. The minimum absolute atomic E-state index is 0.0513. The third-order valence-electron chi connectivity index (χ3n) is 2.97. The third kappa shape index (κ3) is 2.18. The molecule has 0 saturated heterocycles. The van der Waals surface area contributed by atoms with Crippen LogP contribution in [0.1, 0.15) is 19.3 Å². The van der Waals surface area contributed by atoms with Gasteiger partial charge in [-0.05, 0) is 19.3 Å². The average Bonchev–Trinajstić information content (AvgIpc) is 2.17. The Labute approximate surface area is 87.9 Å². The average molecular weight is 209 g/mol. The number of H-pyrrole nitrogens is 1. The lowest BCUT2D eigenvalue weighted by Crippen LogP contribution is -2.45. The molecule has 1 heterocycles. The maximum Gasteiger partial charge on any atom is 0.252 e. The van der Waals surface area contributed by atoms with Crippen molar-refractivity contribution in [2.45, 2.75) is 24.9 Å². The first kappa shape index (κ1) is 10.2. The molecule has 15 heavy (non-hydrogen) atoms. The van der Waals surface area contributed by atoms with Gasteiger partial charge in [-0.25, -0.2) is 4.98 Å². The number of ether oxygens (including phenoxy) is 1. The van der Waals surface area contributed by atoms with Crippen LogP contribution < -0.4 is 10.9 Å². The lowest BCUT2D eigenvalue weighted by molar-refractivity contribution is -0.0601. The van der Waals surface area contributed by atoms with Crippen LogP contribution in [0.4, 0.5) is 5.82 Å². The van der Waals surface area contributed by atoms with Gasteiger partial charge in [-0.3, -0.25) is 4.79 Å². The maximum atomic E-state index is 11.0. The molecule has 0 unspecified atom stereocenters. The number of aromatic amines is 1. The van der Waals surface area contributed by atoms with Crippen molar-refractivity contribution in [3.63, 3.8) is 0 Å². The van der Waals surface area contributed by atoms with Crippen molar-refractivity contribution in [2.75, 3.05) is 19.0 Å². The molecular weight excluding hydrogens is 194 g/mol. The zero-order valence-electron chi connectivity index (χ0n) is 8.75. The second-order valence-corrected chi connectivity index (χ2v) is 3.89. The van der Waals surface area contributed by atoms with Gasteiger partial charge in [0, 0.05) is 19.7 Å². The second kappa shape index (κ2) is 4.02. The molecule has 2 N–H and O–H groups in total. The monoisotopic (exact) mass is 209 g/mol. The van der Waals surface area contributed by atoms with Gasteiger partial charge < -0.3 is 15.0 Å². The highest BCUT2D eigenvalue weighted by molar-refractivity contribution is 5.32. The van der Waals surface area contributed by atoms with Gasteiger partial charge >= 0.3 is 0 Å². The summed E-state index contributed by atoms with van der Waals surface area (Å²) in [6.07, 6.45) is 4.74. The van der Waals surface area contributed by atoms with Crippen LogP contribution in [0.25, 0.3) is 0 Å². The zero-order valence-corrected chi connectivity index (χ0v) is 8.75. The Morgan fingerprint density at radius 1 is 1.67 bits per heavy atom. The van der Waals surface area contributed by atoms with Crippen molar-refractivity contribution in [1.29, 1.82) is 0 Å². The molecule has 82 valence electrons. The standard InChI is InChI=1S/C10H15N3O2/c1-15-10(3-2-4-10)6-11-8-5-9(14)13-7-12-8/h5,7H,2-4,6H2,1H3,(H2,11,12,13,14). The van der Waals surface area contributed by atoms with Crippen LogP contribution in [-0.2, 0) is 4.74 Å². The van der Waals surface area contributed by atoms with E-state index in [4.69, 9.17) is 4.74 Å². The summed E-state index contributed by atoms with van der Waals surface area (Å²) in [7, 11) is 1.73. The Morgan fingerprint density at radius 3 is 3.00 bits per heavy atom. The Bertz CT molecular complexity index is 379. The summed E-state index contributed by atoms with van der Waals surface area (Å²) in [6.45, 7) is 0.708. The molecule has 1 aromatic rings. The summed E-state index contributed by atoms with van der Waals surface area (Å²) >= 11 is 0. The summed E-state index contributed by atoms with van der Waals surface area (Å²) in [4.78, 5) is 17.5. The molecule has 0 atom stereocenters. The predicted molar refractivity (Wildman–Crippen MR) is 56.9 cm³/mol. The first-order chi connectivity index (χ1) is 7.24. The van der Waals surface area contributed by atoms with E-state index < -0.39 is 0 Å². The molecule has 0 spiro atoms. The summed E-state index contributed by atoms with van der Waals surface area (Å²) in [6, 6.07) is 1.45. The fourth-order valence-corrected chi connectivity index (χ4v) is 1.74. The Balaban J connectivity index is 1.95. The summed E-state index contributed by atoms with van der Waals surface area (Å²) in [5.41, 5.74) is -0.197. The lowest BCUT2D eigenvalue weighted by atomic mass is 9.80. The SMILES string of the molecule is COC1(CNc2cc(=O)[nH]cn2)CCC1. The van der Waals surface area contributed by atoms with E-state index in [-0.39, 0.29) is 11.2 Å². The number of anilines is 1. The highest BCUT2D eigenvalue weighted by atomic mass is 16.5. The van der Waals surface area contributed by atoms with Crippen molar-refractivity contribution in [3.05, 3.63) is 22.7 Å². The van der Waals surface area contributed by atoms with E-state index in [1.165, 1.54) is 18.8 Å². The number of aromatic nitrogens is 2. The number of hydrogen-bond donors (Lipinski definition) is 2. The van der Waals surface area contributed by atoms with Crippen LogP contribution in [0, 0.1) is 0 Å². The van der Waals surface area contributed by atoms with Crippen molar-refractivity contribution in [2.24, 2.45) is 0 Å². The second-order valence-electron chi connectivity index (χ2n) is 3.89. The first-order valence-electron chi connectivity index (χ1n) is 5.08. The van der Waals surface area contributed by atoms with Crippen LogP contribution in [0.15, 0.2) is 17.2 Å². The highest BCUT2D eigenvalue weighted by Crippen LogP contribution is 2.34. The molecule has 0 aromatic carbocycles. The predicted octanol–water partition coefficient (Wildman–Crippen LogP) is 0.751. The molecule has 1 aromatic heterocycles. The van der Waals surface area contributed by atoms with E-state index in [9.17, 15) is 4.79 Å². The van der Waals surface area contributed by atoms with Gasteiger partial charge in [0.15, 0.2) is 0 Å². The van der Waals surface area contributed by atoms with Crippen LogP contribution >= 0.6 is 0 Å². The minimum Gasteiger partial charge on any atom is -0.376 e. The van der Waals surface area contributed by atoms with Gasteiger partial charge in [-0.2, -0.15) is 0 Å². The molecule has 0 amide bonds. The third-order valence-corrected chi connectivity index (χ3v) is 2.97. The number of nitrogens with zero attached hydrogens (tertiary/aromatic N) is 1. The number of methoxy groups -OCH3 is 1. The zero-order chi connectivity index (χ0) is 10.7. The molecule has 1 saturated carbocycles. The van der Waals surface area contributed by atoms with Gasteiger partial charge in [-0.15, -0.1) is 0 Å². The Morgan fingerprint density at radius 2 is 2.47 bits per heavy atom. The van der Waals surface area contributed by atoms with E-state index in [0.29, 0.717) is 12.4 Å². The van der Waals surface area contributed by atoms with Crippen LogP contribution in [0.5, 0.6) is 0 Å². The number of hydrogen-bond acceptors (Lipinski definition) is 4. The number of rotatable bonds is 4. The van der Waals surface area contributed by atoms with Crippen LogP contribution in [0.3, 0.4) is 0 Å². The van der Waals surface area contributed by atoms with Crippen molar-refractivity contribution in [3.8, 4) is 0 Å². The normalized spacial score (nSPS) is 18.2. The smallest absolute Gasteiger partial charge is 0.252 e. The maximum absolute atomic E-state index is 11.0. The molecule has 1 aliphatic carbocycles. The number of nitrogens with one attached hydrogen (secondary N) is 2. The molecule has 5 heteroatoms. The first-order valence-corrected chi connectivity index (χ1v) is 5.08. The van der Waals surface area contributed by atoms with Crippen LogP contribution in [-0.4, -0.2) is 29.2 Å². The van der Waals surface area contributed by atoms with Crippen molar-refractivity contribution in [1.82, 2.24) is 9.97 Å². The van der Waals surface area contributed by atoms with Crippen molar-refractivity contribution < 1.29 is 4.74 Å². The van der Waals surface area contributed by atoms with E-state index in [2.05, 4.69) is 15.3 Å². The minimum atomic E-state index is -0.146. The van der Waals surface area contributed by atoms with E-state index in [1.807, 2.05) is 0 Å². The van der Waals surface area contributed by atoms with E-state index in [1.54, 1.807) is 7.11 Å². The fourth-order valence-electron chi connectivity index (χ4n) is 1.74. The molecule has 5 nitrogen and oxygen atoms in total. The quantitative estimate of drug-likeness (QED) is 0.768. The summed E-state index contributed by atoms with van der Waals surface area (Å²) in [5.74, 6) is 0.599. The lowest BCUT2D eigenvalue weighted by Gasteiger charge is -2.40. The van der Waals surface area contributed by atoms with Gasteiger partial charge in [0.2, 0.25) is 0 Å².